The fraction of sp³-hybridized carbons (Fsp3) is 0.240. The number of aromatic nitrogens is 1. The van der Waals surface area contributed by atoms with E-state index in [9.17, 15) is 14.0 Å². The second-order valence-electron chi connectivity index (χ2n) is 8.19. The quantitative estimate of drug-likeness (QED) is 0.596. The molecule has 0 saturated heterocycles. The van der Waals surface area contributed by atoms with Gasteiger partial charge in [-0.15, -0.1) is 0 Å². The molecule has 164 valence electrons. The molecule has 1 atom stereocenters. The van der Waals surface area contributed by atoms with Crippen LogP contribution in [0.25, 0.3) is 0 Å². The molecule has 2 aromatic carbocycles. The van der Waals surface area contributed by atoms with Crippen molar-refractivity contribution in [2.24, 2.45) is 5.73 Å². The minimum Gasteiger partial charge on any atom is -0.343 e. The third-order valence-electron chi connectivity index (χ3n) is 5.91. The molecule has 6 nitrogen and oxygen atoms in total. The summed E-state index contributed by atoms with van der Waals surface area (Å²) < 4.78 is 13.3. The topological polar surface area (TPSA) is 88.3 Å². The number of anilines is 1. The molecule has 3 aromatic rings. The summed E-state index contributed by atoms with van der Waals surface area (Å²) in [4.78, 5) is 31.1. The van der Waals surface area contributed by atoms with Crippen molar-refractivity contribution < 1.29 is 14.0 Å². The molecule has 7 heteroatoms. The molecule has 0 radical (unpaired) electrons. The average molecular weight is 432 g/mol. The Balaban J connectivity index is 1.38. The number of nitrogens with two attached hydrogens (primary N) is 1. The fourth-order valence-electron chi connectivity index (χ4n) is 3.89. The predicted octanol–water partition coefficient (Wildman–Crippen LogP) is 3.66. The summed E-state index contributed by atoms with van der Waals surface area (Å²) >= 11 is 0. The largest absolute Gasteiger partial charge is 0.343 e. The summed E-state index contributed by atoms with van der Waals surface area (Å²) in [5, 5.41) is 2.81. The van der Waals surface area contributed by atoms with Gasteiger partial charge in [-0.2, -0.15) is 0 Å². The molecule has 1 aliphatic rings. The third kappa shape index (κ3) is 4.53. The van der Waals surface area contributed by atoms with E-state index >= 15 is 0 Å². The van der Waals surface area contributed by atoms with Crippen molar-refractivity contribution in [3.05, 3.63) is 95.6 Å². The lowest BCUT2D eigenvalue weighted by atomic mass is 9.94. The zero-order chi connectivity index (χ0) is 22.7. The van der Waals surface area contributed by atoms with Crippen molar-refractivity contribution in [1.29, 1.82) is 0 Å². The zero-order valence-electron chi connectivity index (χ0n) is 17.8. The number of halogens is 1. The van der Waals surface area contributed by atoms with Crippen LogP contribution < -0.4 is 11.1 Å². The van der Waals surface area contributed by atoms with Crippen LogP contribution in [0, 0.1) is 5.82 Å². The number of rotatable bonds is 7. The van der Waals surface area contributed by atoms with E-state index in [1.54, 1.807) is 72.9 Å². The van der Waals surface area contributed by atoms with Gasteiger partial charge in [0, 0.05) is 43.3 Å². The summed E-state index contributed by atoms with van der Waals surface area (Å²) in [6.45, 7) is 0.338. The number of nitrogens with zero attached hydrogens (tertiary/aromatic N) is 2. The molecule has 0 bridgehead atoms. The van der Waals surface area contributed by atoms with Gasteiger partial charge in [-0.05, 0) is 60.4 Å². The summed E-state index contributed by atoms with van der Waals surface area (Å²) in [6, 6.07) is 16.2. The minimum atomic E-state index is -0.572. The van der Waals surface area contributed by atoms with Crippen LogP contribution in [0.3, 0.4) is 0 Å². The molecule has 1 aromatic heterocycles. The van der Waals surface area contributed by atoms with Crippen LogP contribution in [-0.2, 0) is 10.2 Å². The number of hydrogen-bond donors (Lipinski definition) is 2. The molecule has 1 saturated carbocycles. The average Bonchev–Trinajstić information content (AvgIpc) is 3.61. The van der Waals surface area contributed by atoms with Gasteiger partial charge < -0.3 is 16.0 Å². The molecule has 32 heavy (non-hydrogen) atoms. The first-order chi connectivity index (χ1) is 15.4. The van der Waals surface area contributed by atoms with Crippen LogP contribution in [-0.4, -0.2) is 35.3 Å². The summed E-state index contributed by atoms with van der Waals surface area (Å²) in [5.41, 5.74) is 8.63. The number of amides is 2. The van der Waals surface area contributed by atoms with Gasteiger partial charge >= 0.3 is 0 Å². The molecule has 0 spiro atoms. The molecular weight excluding hydrogens is 407 g/mol. The molecule has 4 rings (SSSR count). The first kappa shape index (κ1) is 21.6. The molecular formula is C25H25FN4O2. The minimum absolute atomic E-state index is 0.00657. The molecule has 1 aliphatic carbocycles. The highest BCUT2D eigenvalue weighted by molar-refractivity contribution is 6.04. The smallest absolute Gasteiger partial charge is 0.255 e. The lowest BCUT2D eigenvalue weighted by Gasteiger charge is -2.26. The van der Waals surface area contributed by atoms with Crippen LogP contribution in [0.5, 0.6) is 0 Å². The molecule has 1 unspecified atom stereocenters. The number of likely N-dealkylation sites (N-methyl/N-ethyl adjacent to an activating group) is 1. The maximum Gasteiger partial charge on any atom is 0.255 e. The van der Waals surface area contributed by atoms with Crippen LogP contribution in [0.4, 0.5) is 10.1 Å². The highest BCUT2D eigenvalue weighted by Crippen LogP contribution is 2.49. The van der Waals surface area contributed by atoms with E-state index in [1.807, 2.05) is 0 Å². The van der Waals surface area contributed by atoms with Crippen LogP contribution >= 0.6 is 0 Å². The lowest BCUT2D eigenvalue weighted by molar-refractivity contribution is -0.132. The fourth-order valence-corrected chi connectivity index (χ4v) is 3.89. The summed E-state index contributed by atoms with van der Waals surface area (Å²) in [6.07, 6.45) is 4.71. The first-order valence-corrected chi connectivity index (χ1v) is 10.5. The van der Waals surface area contributed by atoms with Gasteiger partial charge in [0.15, 0.2) is 0 Å². The molecule has 2 amide bonds. The van der Waals surface area contributed by atoms with Crippen molar-refractivity contribution in [3.8, 4) is 0 Å². The summed E-state index contributed by atoms with van der Waals surface area (Å²) in [7, 11) is 1.74. The van der Waals surface area contributed by atoms with Crippen molar-refractivity contribution in [2.45, 2.75) is 24.3 Å². The first-order valence-electron chi connectivity index (χ1n) is 10.5. The van der Waals surface area contributed by atoms with Gasteiger partial charge in [0.05, 0.1) is 5.41 Å². The van der Waals surface area contributed by atoms with E-state index in [1.165, 1.54) is 12.1 Å². The van der Waals surface area contributed by atoms with Crippen LogP contribution in [0.15, 0.2) is 73.1 Å². The normalized spacial score (nSPS) is 15.0. The zero-order valence-corrected chi connectivity index (χ0v) is 17.8. The summed E-state index contributed by atoms with van der Waals surface area (Å²) in [5.74, 6) is -0.545. The van der Waals surface area contributed by atoms with Crippen molar-refractivity contribution in [3.63, 3.8) is 0 Å². The lowest BCUT2D eigenvalue weighted by Crippen LogP contribution is -2.40. The highest BCUT2D eigenvalue weighted by Gasteiger charge is 2.52. The number of nitrogens with one attached hydrogen (secondary N) is 1. The maximum atomic E-state index is 13.3. The SMILES string of the molecule is CN(CC(N)c1ccc(C(=O)Nc2ccncc2)cc1)C(=O)C1(c2ccc(F)cc2)CC1. The number of carbonyl (C=O) groups is 2. The Kier molecular flexibility index (Phi) is 6.01. The Morgan fingerprint density at radius 2 is 1.69 bits per heavy atom. The maximum absolute atomic E-state index is 13.3. The van der Waals surface area contributed by atoms with Gasteiger partial charge in [-0.3, -0.25) is 14.6 Å². The predicted molar refractivity (Wildman–Crippen MR) is 121 cm³/mol. The second kappa shape index (κ2) is 8.88. The highest BCUT2D eigenvalue weighted by atomic mass is 19.1. The van der Waals surface area contributed by atoms with E-state index in [2.05, 4.69) is 10.3 Å². The second-order valence-corrected chi connectivity index (χ2v) is 8.19. The monoisotopic (exact) mass is 432 g/mol. The number of carbonyl (C=O) groups excluding carboxylic acids is 2. The number of pyridine rings is 1. The van der Waals surface area contributed by atoms with Crippen LogP contribution in [0.1, 0.15) is 40.4 Å². The Bertz CT molecular complexity index is 1100. The number of hydrogen-bond acceptors (Lipinski definition) is 4. The standard InChI is InChI=1S/C25H25FN4O2/c1-30(24(32)25(12-13-25)19-6-8-20(26)9-7-19)16-22(27)17-2-4-18(5-3-17)23(31)29-21-10-14-28-15-11-21/h2-11,14-15,22H,12-13,16,27H2,1H3,(H,28,29,31). The number of benzene rings is 2. The van der Waals surface area contributed by atoms with E-state index in [0.717, 1.165) is 24.0 Å². The molecule has 1 heterocycles. The Hall–Kier alpha value is -3.58. The van der Waals surface area contributed by atoms with Crippen LogP contribution in [0.2, 0.25) is 0 Å². The molecule has 1 fully saturated rings. The van der Waals surface area contributed by atoms with Gasteiger partial charge in [-0.25, -0.2) is 4.39 Å². The van der Waals surface area contributed by atoms with Crippen molar-refractivity contribution in [1.82, 2.24) is 9.88 Å². The molecule has 0 aliphatic heterocycles. The molecule has 3 N–H and O–H groups in total. The Morgan fingerprint density at radius 1 is 1.06 bits per heavy atom. The van der Waals surface area contributed by atoms with Gasteiger partial charge in [0.2, 0.25) is 5.91 Å². The Morgan fingerprint density at radius 3 is 2.28 bits per heavy atom. The van der Waals surface area contributed by atoms with Gasteiger partial charge in [0.1, 0.15) is 5.82 Å². The van der Waals surface area contributed by atoms with Gasteiger partial charge in [-0.1, -0.05) is 24.3 Å². The van der Waals surface area contributed by atoms with E-state index in [-0.39, 0.29) is 17.6 Å². The van der Waals surface area contributed by atoms with Crippen molar-refractivity contribution >= 4 is 17.5 Å². The van der Waals surface area contributed by atoms with E-state index in [0.29, 0.717) is 17.8 Å². The van der Waals surface area contributed by atoms with E-state index in [4.69, 9.17) is 5.73 Å². The van der Waals surface area contributed by atoms with E-state index < -0.39 is 11.5 Å². The Labute approximate surface area is 186 Å². The third-order valence-corrected chi connectivity index (χ3v) is 5.91. The van der Waals surface area contributed by atoms with Gasteiger partial charge in [0.25, 0.3) is 5.91 Å². The van der Waals surface area contributed by atoms with Crippen molar-refractivity contribution in [2.75, 3.05) is 18.9 Å².